The van der Waals surface area contributed by atoms with Crippen molar-refractivity contribution in [2.45, 2.75) is 20.8 Å². The molecule has 58 valence electrons. The number of halogens is 1. The Hall–Kier alpha value is -0.490. The molecule has 0 rings (SSSR count). The van der Waals surface area contributed by atoms with Crippen molar-refractivity contribution in [2.24, 2.45) is 0 Å². The van der Waals surface area contributed by atoms with E-state index in [1.54, 1.807) is 11.6 Å². The first-order valence-electron chi connectivity index (χ1n) is 3.06. The Labute approximate surface area is 68.9 Å². The van der Waals surface area contributed by atoms with Crippen molar-refractivity contribution in [2.75, 3.05) is 0 Å². The van der Waals surface area contributed by atoms with E-state index < -0.39 is 0 Å². The van der Waals surface area contributed by atoms with Gasteiger partial charge in [0.1, 0.15) is 0 Å². The number of hydrogen-bond donors (Lipinski definition) is 0. The van der Waals surface area contributed by atoms with Gasteiger partial charge in [0.05, 0.1) is 0 Å². The Bertz CT molecular complexity index is 128. The normalized spacial score (nSPS) is 6.80. The molecule has 0 amide bonds. The van der Waals surface area contributed by atoms with Crippen molar-refractivity contribution in [1.82, 2.24) is 0 Å². The van der Waals surface area contributed by atoms with Crippen LogP contribution in [-0.2, 0) is 0 Å². The average Bonchev–Trinajstić information content (AvgIpc) is 1.89. The Morgan fingerprint density at radius 1 is 1.30 bits per heavy atom. The molecule has 0 aliphatic rings. The zero-order valence-electron chi connectivity index (χ0n) is 6.95. The summed E-state index contributed by atoms with van der Waals surface area (Å²) in [7, 11) is 0. The second-order valence-electron chi connectivity index (χ2n) is 2.24. The van der Waals surface area contributed by atoms with Crippen molar-refractivity contribution >= 4 is 11.6 Å². The molecule has 0 aromatic carbocycles. The Balaban J connectivity index is 0. The highest BCUT2D eigenvalue weighted by molar-refractivity contribution is 6.25. The zero-order chi connectivity index (χ0) is 8.57. The Kier molecular flexibility index (Phi) is 10.4. The third kappa shape index (κ3) is 25.8. The van der Waals surface area contributed by atoms with E-state index in [0.717, 1.165) is 11.1 Å². The first-order valence-corrected chi connectivity index (χ1v) is 3.49. The van der Waals surface area contributed by atoms with E-state index in [2.05, 4.69) is 13.2 Å². The lowest BCUT2D eigenvalue weighted by atomic mass is 10.4. The topological polar surface area (TPSA) is 0 Å². The van der Waals surface area contributed by atoms with Gasteiger partial charge in [-0.2, -0.15) is 0 Å². The van der Waals surface area contributed by atoms with Gasteiger partial charge < -0.3 is 0 Å². The molecule has 0 aliphatic heterocycles. The van der Waals surface area contributed by atoms with Gasteiger partial charge in [0.15, 0.2) is 0 Å². The highest BCUT2D eigenvalue weighted by Gasteiger charge is 1.62. The zero-order valence-corrected chi connectivity index (χ0v) is 7.70. The molecule has 0 unspecified atom stereocenters. The fourth-order valence-corrected chi connectivity index (χ4v) is 0. The summed E-state index contributed by atoms with van der Waals surface area (Å²) in [5.41, 5.74) is 3.72. The van der Waals surface area contributed by atoms with Gasteiger partial charge >= 0.3 is 0 Å². The largest absolute Gasteiger partial charge is 0.0988 e. The molecular formula is C9H15Cl. The quantitative estimate of drug-likeness (QED) is 0.508. The fourth-order valence-electron chi connectivity index (χ4n) is 0. The van der Waals surface area contributed by atoms with Gasteiger partial charge in [-0.25, -0.2) is 0 Å². The molecule has 0 spiro atoms. The minimum absolute atomic E-state index is 1.02. The minimum Gasteiger partial charge on any atom is -0.0988 e. The van der Waals surface area contributed by atoms with E-state index in [0.29, 0.717) is 0 Å². The third-order valence-electron chi connectivity index (χ3n) is 0.567. The minimum atomic E-state index is 1.02. The van der Waals surface area contributed by atoms with Gasteiger partial charge in [-0.1, -0.05) is 42.0 Å². The third-order valence-corrected chi connectivity index (χ3v) is 1.00. The highest BCUT2D eigenvalue weighted by atomic mass is 35.5. The van der Waals surface area contributed by atoms with Gasteiger partial charge in [-0.15, -0.1) is 0 Å². The van der Waals surface area contributed by atoms with E-state index in [1.165, 1.54) is 0 Å². The summed E-state index contributed by atoms with van der Waals surface area (Å²) in [6, 6.07) is 0. The predicted octanol–water partition coefficient (Wildman–Crippen LogP) is 3.90. The van der Waals surface area contributed by atoms with Crippen LogP contribution in [0.3, 0.4) is 0 Å². The summed E-state index contributed by atoms with van der Waals surface area (Å²) in [4.78, 5) is 0. The van der Waals surface area contributed by atoms with Crippen LogP contribution in [0.1, 0.15) is 20.8 Å². The molecule has 0 nitrogen and oxygen atoms in total. The molecule has 0 radical (unpaired) electrons. The van der Waals surface area contributed by atoms with Gasteiger partial charge in [-0.3, -0.25) is 0 Å². The molecule has 0 atom stereocenters. The number of allylic oxidation sites excluding steroid dienone is 3. The molecule has 0 aromatic heterocycles. The second-order valence-corrected chi connectivity index (χ2v) is 2.46. The molecule has 0 bridgehead atoms. The smallest absolute Gasteiger partial charge is 0.00288 e. The molecule has 0 aromatic rings. The van der Waals surface area contributed by atoms with Gasteiger partial charge in [0.25, 0.3) is 0 Å². The molecular weight excluding hydrogens is 144 g/mol. The van der Waals surface area contributed by atoms with Gasteiger partial charge in [0, 0.05) is 5.54 Å². The summed E-state index contributed by atoms with van der Waals surface area (Å²) in [6.45, 7) is 12.8. The van der Waals surface area contributed by atoms with E-state index in [-0.39, 0.29) is 0 Å². The standard InChI is InChI=1S/C5H8.C4H7Cl/c1-4-5(2)3;1-4(2)3-5/h4H,1-2H2,3H3;3H,1-2H3. The van der Waals surface area contributed by atoms with Gasteiger partial charge in [-0.05, 0) is 20.8 Å². The number of hydrogen-bond acceptors (Lipinski definition) is 0. The Morgan fingerprint density at radius 3 is 1.50 bits per heavy atom. The fraction of sp³-hybridized carbons (Fsp3) is 0.333. The predicted molar refractivity (Wildman–Crippen MR) is 50.3 cm³/mol. The highest BCUT2D eigenvalue weighted by Crippen LogP contribution is 1.88. The van der Waals surface area contributed by atoms with Crippen LogP contribution >= 0.6 is 11.6 Å². The van der Waals surface area contributed by atoms with Crippen LogP contribution in [0, 0.1) is 0 Å². The molecule has 1 heteroatoms. The maximum Gasteiger partial charge on any atom is 0.00288 e. The lowest BCUT2D eigenvalue weighted by Gasteiger charge is -1.71. The summed E-state index contributed by atoms with van der Waals surface area (Å²) < 4.78 is 0. The molecule has 0 fully saturated rings. The van der Waals surface area contributed by atoms with E-state index >= 15 is 0 Å². The first kappa shape index (κ1) is 12.2. The van der Waals surface area contributed by atoms with Crippen molar-refractivity contribution in [3.05, 3.63) is 35.9 Å². The van der Waals surface area contributed by atoms with Crippen molar-refractivity contribution in [3.63, 3.8) is 0 Å². The second kappa shape index (κ2) is 8.51. The summed E-state index contributed by atoms with van der Waals surface area (Å²) in [5, 5.41) is 0. The Morgan fingerprint density at radius 2 is 1.50 bits per heavy atom. The van der Waals surface area contributed by atoms with E-state index in [9.17, 15) is 0 Å². The molecule has 0 saturated carbocycles. The lowest BCUT2D eigenvalue weighted by molar-refractivity contribution is 1.41. The van der Waals surface area contributed by atoms with Crippen molar-refractivity contribution < 1.29 is 0 Å². The van der Waals surface area contributed by atoms with Crippen LogP contribution in [-0.4, -0.2) is 0 Å². The molecule has 10 heavy (non-hydrogen) atoms. The van der Waals surface area contributed by atoms with Gasteiger partial charge in [0.2, 0.25) is 0 Å². The lowest BCUT2D eigenvalue weighted by Crippen LogP contribution is -1.50. The monoisotopic (exact) mass is 158 g/mol. The summed E-state index contributed by atoms with van der Waals surface area (Å²) in [6.07, 6.45) is 1.72. The maximum absolute atomic E-state index is 5.17. The van der Waals surface area contributed by atoms with Crippen LogP contribution in [0.25, 0.3) is 0 Å². The molecule has 0 N–H and O–H groups in total. The van der Waals surface area contributed by atoms with E-state index in [4.69, 9.17) is 11.6 Å². The van der Waals surface area contributed by atoms with Crippen molar-refractivity contribution in [1.29, 1.82) is 0 Å². The first-order chi connectivity index (χ1) is 4.54. The van der Waals surface area contributed by atoms with Crippen LogP contribution in [0.4, 0.5) is 0 Å². The molecule has 0 heterocycles. The van der Waals surface area contributed by atoms with E-state index in [1.807, 2.05) is 20.8 Å². The maximum atomic E-state index is 5.17. The molecule has 0 aliphatic carbocycles. The average molecular weight is 159 g/mol. The van der Waals surface area contributed by atoms with Crippen LogP contribution < -0.4 is 0 Å². The number of rotatable bonds is 1. The van der Waals surface area contributed by atoms with Crippen molar-refractivity contribution in [3.8, 4) is 0 Å². The summed E-state index contributed by atoms with van der Waals surface area (Å²) in [5.74, 6) is 0. The summed E-state index contributed by atoms with van der Waals surface area (Å²) >= 11 is 5.17. The van der Waals surface area contributed by atoms with Crippen LogP contribution in [0.2, 0.25) is 0 Å². The molecule has 0 saturated heterocycles. The SMILES string of the molecule is C=CC(=C)C.CC(C)=CCl. The van der Waals surface area contributed by atoms with Crippen LogP contribution in [0.15, 0.2) is 35.9 Å². The van der Waals surface area contributed by atoms with Crippen LogP contribution in [0.5, 0.6) is 0 Å².